The van der Waals surface area contributed by atoms with E-state index in [0.717, 1.165) is 45.2 Å². The van der Waals surface area contributed by atoms with Crippen LogP contribution in [0.4, 0.5) is 0 Å². The number of rotatable bonds is 3. The van der Waals surface area contributed by atoms with Crippen molar-refractivity contribution in [3.05, 3.63) is 0 Å². The lowest BCUT2D eigenvalue weighted by Crippen LogP contribution is -2.51. The molecule has 0 aromatic carbocycles. The lowest BCUT2D eigenvalue weighted by atomic mass is 9.67. The fourth-order valence-electron chi connectivity index (χ4n) is 4.54. The van der Waals surface area contributed by atoms with Gasteiger partial charge in [-0.15, -0.1) is 0 Å². The molecule has 5 heteroatoms. The van der Waals surface area contributed by atoms with Crippen molar-refractivity contribution in [1.82, 2.24) is 10.6 Å². The Morgan fingerprint density at radius 2 is 1.86 bits per heavy atom. The summed E-state index contributed by atoms with van der Waals surface area (Å²) in [5.41, 5.74) is 5.20. The van der Waals surface area contributed by atoms with Gasteiger partial charge in [-0.05, 0) is 51.0 Å². The smallest absolute Gasteiger partial charge is 0.228 e. The van der Waals surface area contributed by atoms with Crippen molar-refractivity contribution >= 4 is 11.8 Å². The molecule has 3 fully saturated rings. The molecule has 0 unspecified atom stereocenters. The molecule has 1 heterocycles. The van der Waals surface area contributed by atoms with Crippen LogP contribution in [0.2, 0.25) is 0 Å². The van der Waals surface area contributed by atoms with Crippen molar-refractivity contribution in [2.75, 3.05) is 13.1 Å². The van der Waals surface area contributed by atoms with E-state index in [1.165, 1.54) is 19.3 Å². The Labute approximate surface area is 126 Å². The van der Waals surface area contributed by atoms with Crippen LogP contribution in [0.3, 0.4) is 0 Å². The molecule has 4 N–H and O–H groups in total. The average Bonchev–Trinajstić information content (AvgIpc) is 2.93. The maximum Gasteiger partial charge on any atom is 0.228 e. The summed E-state index contributed by atoms with van der Waals surface area (Å²) in [6.45, 7) is 1.82. The van der Waals surface area contributed by atoms with Crippen molar-refractivity contribution in [2.24, 2.45) is 23.0 Å². The van der Waals surface area contributed by atoms with E-state index in [-0.39, 0.29) is 29.2 Å². The van der Waals surface area contributed by atoms with E-state index in [4.69, 9.17) is 5.73 Å². The average molecular weight is 293 g/mol. The fourth-order valence-corrected chi connectivity index (χ4v) is 4.54. The molecule has 5 nitrogen and oxygen atoms in total. The van der Waals surface area contributed by atoms with Gasteiger partial charge in [-0.1, -0.05) is 12.8 Å². The highest BCUT2D eigenvalue weighted by Crippen LogP contribution is 2.44. The third-order valence-corrected chi connectivity index (χ3v) is 5.96. The van der Waals surface area contributed by atoms with E-state index in [9.17, 15) is 9.59 Å². The lowest BCUT2D eigenvalue weighted by molar-refractivity contribution is -0.135. The molecule has 3 aliphatic rings. The summed E-state index contributed by atoms with van der Waals surface area (Å²) in [5, 5.41) is 6.70. The normalized spacial score (nSPS) is 39.5. The highest BCUT2D eigenvalue weighted by Gasteiger charge is 2.50. The van der Waals surface area contributed by atoms with Crippen molar-refractivity contribution in [1.29, 1.82) is 0 Å². The summed E-state index contributed by atoms with van der Waals surface area (Å²) in [5.74, 6) is 0.575. The van der Waals surface area contributed by atoms with Crippen LogP contribution in [0, 0.1) is 17.3 Å². The van der Waals surface area contributed by atoms with Gasteiger partial charge in [0.15, 0.2) is 0 Å². The van der Waals surface area contributed by atoms with Gasteiger partial charge in [0, 0.05) is 18.5 Å². The zero-order valence-electron chi connectivity index (χ0n) is 12.7. The summed E-state index contributed by atoms with van der Waals surface area (Å²) < 4.78 is 0. The molecule has 0 aromatic rings. The second kappa shape index (κ2) is 5.95. The van der Waals surface area contributed by atoms with Crippen LogP contribution in [0.25, 0.3) is 0 Å². The van der Waals surface area contributed by atoms with Crippen molar-refractivity contribution in [3.63, 3.8) is 0 Å². The zero-order valence-corrected chi connectivity index (χ0v) is 12.7. The van der Waals surface area contributed by atoms with Crippen LogP contribution in [-0.2, 0) is 9.59 Å². The predicted octanol–water partition coefficient (Wildman–Crippen LogP) is 0.926. The Hall–Kier alpha value is -1.10. The Balaban J connectivity index is 1.58. The summed E-state index contributed by atoms with van der Waals surface area (Å²) in [7, 11) is 0. The SMILES string of the molecule is NC(=O)C1CCC(NC(=O)[C@@]23CCCC[C@H]2CNC3)CC1. The fraction of sp³-hybridized carbons (Fsp3) is 0.875. The Morgan fingerprint density at radius 1 is 1.10 bits per heavy atom. The van der Waals surface area contributed by atoms with Gasteiger partial charge in [-0.2, -0.15) is 0 Å². The highest BCUT2D eigenvalue weighted by atomic mass is 16.2. The minimum Gasteiger partial charge on any atom is -0.369 e. The first-order chi connectivity index (χ1) is 10.1. The summed E-state index contributed by atoms with van der Waals surface area (Å²) in [6, 6.07) is 0.227. The molecule has 1 aliphatic heterocycles. The van der Waals surface area contributed by atoms with E-state index in [2.05, 4.69) is 10.6 Å². The van der Waals surface area contributed by atoms with E-state index in [0.29, 0.717) is 5.92 Å². The van der Waals surface area contributed by atoms with Crippen LogP contribution < -0.4 is 16.4 Å². The number of carbonyl (C=O) groups excluding carboxylic acids is 2. The predicted molar refractivity (Wildman–Crippen MR) is 80.3 cm³/mol. The number of fused-ring (bicyclic) bond motifs is 1. The number of carbonyl (C=O) groups is 2. The second-order valence-corrected chi connectivity index (χ2v) is 7.15. The van der Waals surface area contributed by atoms with E-state index in [1.807, 2.05) is 0 Å². The van der Waals surface area contributed by atoms with Gasteiger partial charge < -0.3 is 16.4 Å². The molecular formula is C16H27N3O2. The van der Waals surface area contributed by atoms with Crippen LogP contribution in [-0.4, -0.2) is 30.9 Å². The molecule has 2 atom stereocenters. The maximum absolute atomic E-state index is 12.8. The molecule has 0 bridgehead atoms. The second-order valence-electron chi connectivity index (χ2n) is 7.15. The monoisotopic (exact) mass is 293 g/mol. The van der Waals surface area contributed by atoms with Crippen LogP contribution in [0.15, 0.2) is 0 Å². The highest BCUT2D eigenvalue weighted by molar-refractivity contribution is 5.84. The van der Waals surface area contributed by atoms with Gasteiger partial charge in [-0.3, -0.25) is 9.59 Å². The van der Waals surface area contributed by atoms with Gasteiger partial charge >= 0.3 is 0 Å². The topological polar surface area (TPSA) is 84.2 Å². The number of amides is 2. The molecule has 118 valence electrons. The Morgan fingerprint density at radius 3 is 2.57 bits per heavy atom. The molecule has 2 amide bonds. The molecule has 2 saturated carbocycles. The third kappa shape index (κ3) is 2.80. The van der Waals surface area contributed by atoms with E-state index in [1.54, 1.807) is 0 Å². The first-order valence-corrected chi connectivity index (χ1v) is 8.43. The van der Waals surface area contributed by atoms with Crippen molar-refractivity contribution < 1.29 is 9.59 Å². The van der Waals surface area contributed by atoms with Gasteiger partial charge in [0.1, 0.15) is 0 Å². The molecular weight excluding hydrogens is 266 g/mol. The summed E-state index contributed by atoms with van der Waals surface area (Å²) in [4.78, 5) is 24.0. The lowest BCUT2D eigenvalue weighted by Gasteiger charge is -2.39. The van der Waals surface area contributed by atoms with Gasteiger partial charge in [0.25, 0.3) is 0 Å². The standard InChI is InChI=1S/C16H27N3O2/c17-14(20)11-4-6-13(7-5-11)19-15(21)16-8-2-1-3-12(16)9-18-10-16/h11-13,18H,1-10H2,(H2,17,20)(H,19,21)/t11?,12-,13?,16+/m0/s1. The van der Waals surface area contributed by atoms with Gasteiger partial charge in [-0.25, -0.2) is 0 Å². The minimum atomic E-state index is -0.189. The number of primary amides is 1. The van der Waals surface area contributed by atoms with Gasteiger partial charge in [0.05, 0.1) is 5.41 Å². The molecule has 21 heavy (non-hydrogen) atoms. The molecule has 0 radical (unpaired) electrons. The summed E-state index contributed by atoms with van der Waals surface area (Å²) >= 11 is 0. The Bertz CT molecular complexity index is 418. The largest absolute Gasteiger partial charge is 0.369 e. The van der Waals surface area contributed by atoms with E-state index >= 15 is 0 Å². The molecule has 0 spiro atoms. The molecule has 1 saturated heterocycles. The minimum absolute atomic E-state index is 0.00638. The van der Waals surface area contributed by atoms with Crippen LogP contribution >= 0.6 is 0 Å². The number of hydrogen-bond donors (Lipinski definition) is 3. The molecule has 3 rings (SSSR count). The van der Waals surface area contributed by atoms with Crippen molar-refractivity contribution in [2.45, 2.75) is 57.4 Å². The maximum atomic E-state index is 12.8. The zero-order chi connectivity index (χ0) is 14.9. The first-order valence-electron chi connectivity index (χ1n) is 8.43. The third-order valence-electron chi connectivity index (χ3n) is 5.96. The van der Waals surface area contributed by atoms with Crippen LogP contribution in [0.5, 0.6) is 0 Å². The first kappa shape index (κ1) is 14.8. The van der Waals surface area contributed by atoms with E-state index < -0.39 is 0 Å². The number of nitrogens with two attached hydrogens (primary N) is 1. The quantitative estimate of drug-likeness (QED) is 0.723. The summed E-state index contributed by atoms with van der Waals surface area (Å²) in [6.07, 6.45) is 8.01. The number of hydrogen-bond acceptors (Lipinski definition) is 3. The van der Waals surface area contributed by atoms with Crippen molar-refractivity contribution in [3.8, 4) is 0 Å². The number of nitrogens with one attached hydrogen (secondary N) is 2. The Kier molecular flexibility index (Phi) is 4.20. The molecule has 2 aliphatic carbocycles. The van der Waals surface area contributed by atoms with Crippen LogP contribution in [0.1, 0.15) is 51.4 Å². The van der Waals surface area contributed by atoms with Gasteiger partial charge in [0.2, 0.25) is 11.8 Å². The molecule has 0 aromatic heterocycles.